The van der Waals surface area contributed by atoms with Gasteiger partial charge in [-0.3, -0.25) is 4.68 Å². The Labute approximate surface area is 184 Å². The van der Waals surface area contributed by atoms with E-state index in [4.69, 9.17) is 4.74 Å². The number of alkyl halides is 3. The number of fused-ring (bicyclic) bond motifs is 1. The van der Waals surface area contributed by atoms with E-state index in [1.54, 1.807) is 32.2 Å². The van der Waals surface area contributed by atoms with Crippen molar-refractivity contribution in [3.05, 3.63) is 70.1 Å². The van der Waals surface area contributed by atoms with Gasteiger partial charge in [0, 0.05) is 17.1 Å². The van der Waals surface area contributed by atoms with Crippen LogP contribution in [0.3, 0.4) is 0 Å². The third-order valence-corrected chi connectivity index (χ3v) is 5.89. The second-order valence-corrected chi connectivity index (χ2v) is 8.06. The monoisotopic (exact) mass is 463 g/mol. The molecule has 0 aliphatic heterocycles. The van der Waals surface area contributed by atoms with Crippen molar-refractivity contribution in [1.29, 1.82) is 0 Å². The van der Waals surface area contributed by atoms with Crippen LogP contribution in [0, 0.1) is 12.7 Å². The summed E-state index contributed by atoms with van der Waals surface area (Å²) >= 11 is 1.20. The number of carbonyl (C=O) groups excluding carboxylic acids is 1. The molecule has 32 heavy (non-hydrogen) atoms. The highest BCUT2D eigenvalue weighted by atomic mass is 32.1. The van der Waals surface area contributed by atoms with Crippen LogP contribution < -0.4 is 0 Å². The Bertz CT molecular complexity index is 1310. The summed E-state index contributed by atoms with van der Waals surface area (Å²) in [4.78, 5) is 17.0. The van der Waals surface area contributed by atoms with Crippen molar-refractivity contribution in [2.45, 2.75) is 26.6 Å². The van der Waals surface area contributed by atoms with Crippen LogP contribution in [0.15, 0.2) is 42.6 Å². The molecule has 0 amide bonds. The van der Waals surface area contributed by atoms with Crippen molar-refractivity contribution in [1.82, 2.24) is 14.8 Å². The molecule has 166 valence electrons. The Morgan fingerprint density at radius 3 is 2.72 bits per heavy atom. The van der Waals surface area contributed by atoms with Gasteiger partial charge in [0.15, 0.2) is 0 Å². The molecule has 0 aliphatic carbocycles. The van der Waals surface area contributed by atoms with Crippen molar-refractivity contribution in [3.8, 4) is 10.6 Å². The van der Waals surface area contributed by atoms with Gasteiger partial charge in [0.2, 0.25) is 0 Å². The van der Waals surface area contributed by atoms with E-state index in [0.717, 1.165) is 17.7 Å². The second-order valence-electron chi connectivity index (χ2n) is 7.06. The van der Waals surface area contributed by atoms with E-state index >= 15 is 0 Å². The minimum absolute atomic E-state index is 0.0417. The Morgan fingerprint density at radius 2 is 2.00 bits per heavy atom. The lowest BCUT2D eigenvalue weighted by atomic mass is 10.1. The van der Waals surface area contributed by atoms with Crippen molar-refractivity contribution in [2.75, 3.05) is 6.61 Å². The fourth-order valence-corrected chi connectivity index (χ4v) is 4.35. The van der Waals surface area contributed by atoms with Gasteiger partial charge in [-0.05, 0) is 43.7 Å². The highest BCUT2D eigenvalue weighted by Crippen LogP contribution is 2.34. The number of hydrogen-bond acceptors (Lipinski definition) is 5. The van der Waals surface area contributed by atoms with Crippen LogP contribution in [-0.2, 0) is 17.5 Å². The number of benzene rings is 2. The Hall–Kier alpha value is -3.27. The fraction of sp³-hybridized carbons (Fsp3) is 0.227. The van der Waals surface area contributed by atoms with E-state index in [1.165, 1.54) is 16.0 Å². The Kier molecular flexibility index (Phi) is 5.72. The van der Waals surface area contributed by atoms with Crippen LogP contribution in [0.1, 0.15) is 33.4 Å². The number of halogens is 4. The zero-order valence-electron chi connectivity index (χ0n) is 17.0. The predicted molar refractivity (Wildman–Crippen MR) is 112 cm³/mol. The number of esters is 1. The first kappa shape index (κ1) is 21.9. The van der Waals surface area contributed by atoms with Gasteiger partial charge in [0.05, 0.1) is 29.9 Å². The first-order chi connectivity index (χ1) is 15.2. The Balaban J connectivity index is 1.70. The lowest BCUT2D eigenvalue weighted by Crippen LogP contribution is -2.08. The molecule has 0 unspecified atom stereocenters. The number of thiazole rings is 1. The van der Waals surface area contributed by atoms with Gasteiger partial charge in [-0.2, -0.15) is 18.3 Å². The first-order valence-electron chi connectivity index (χ1n) is 9.63. The van der Waals surface area contributed by atoms with E-state index < -0.39 is 23.5 Å². The predicted octanol–water partition coefficient (Wildman–Crippen LogP) is 5.85. The topological polar surface area (TPSA) is 57.0 Å². The molecule has 10 heteroatoms. The molecule has 0 aliphatic rings. The molecule has 0 saturated carbocycles. The average Bonchev–Trinajstić information content (AvgIpc) is 3.29. The first-order valence-corrected chi connectivity index (χ1v) is 10.4. The third kappa shape index (κ3) is 4.36. The van der Waals surface area contributed by atoms with Crippen molar-refractivity contribution >= 4 is 28.2 Å². The van der Waals surface area contributed by atoms with Crippen LogP contribution in [0.4, 0.5) is 17.6 Å². The summed E-state index contributed by atoms with van der Waals surface area (Å²) in [6.45, 7) is 3.66. The molecule has 2 heterocycles. The molecule has 0 N–H and O–H groups in total. The van der Waals surface area contributed by atoms with E-state index in [0.29, 0.717) is 32.5 Å². The largest absolute Gasteiger partial charge is 0.462 e. The van der Waals surface area contributed by atoms with Gasteiger partial charge < -0.3 is 4.74 Å². The number of ether oxygens (including phenoxy) is 1. The van der Waals surface area contributed by atoms with Gasteiger partial charge in [0.1, 0.15) is 15.7 Å². The van der Waals surface area contributed by atoms with Crippen molar-refractivity contribution < 1.29 is 27.1 Å². The van der Waals surface area contributed by atoms with Gasteiger partial charge in [-0.15, -0.1) is 11.3 Å². The molecule has 0 atom stereocenters. The van der Waals surface area contributed by atoms with Gasteiger partial charge in [-0.1, -0.05) is 12.1 Å². The van der Waals surface area contributed by atoms with Crippen LogP contribution in [0.2, 0.25) is 0 Å². The van der Waals surface area contributed by atoms with Gasteiger partial charge in [-0.25, -0.2) is 14.2 Å². The Morgan fingerprint density at radius 1 is 1.22 bits per heavy atom. The number of nitrogens with zero attached hydrogens (tertiary/aromatic N) is 3. The summed E-state index contributed by atoms with van der Waals surface area (Å²) in [7, 11) is 0. The highest BCUT2D eigenvalue weighted by molar-refractivity contribution is 7.17. The smallest absolute Gasteiger partial charge is 0.416 e. The summed E-state index contributed by atoms with van der Waals surface area (Å²) in [5, 5.41) is 5.72. The number of rotatable bonds is 5. The molecular weight excluding hydrogens is 446 g/mol. The lowest BCUT2D eigenvalue weighted by Gasteiger charge is -2.09. The van der Waals surface area contributed by atoms with Gasteiger partial charge in [0.25, 0.3) is 0 Å². The van der Waals surface area contributed by atoms with E-state index in [9.17, 15) is 22.4 Å². The standard InChI is InChI=1S/C22H17F4N3O2S/c1-3-31-21(30)19-12(2)27-20(32-19)16-5-4-6-18-17(16)11-29(28-18)10-13-7-14(22(24,25)26)9-15(23)8-13/h4-9,11H,3,10H2,1-2H3. The average molecular weight is 463 g/mol. The van der Waals surface area contributed by atoms with Crippen LogP contribution in [-0.4, -0.2) is 27.3 Å². The molecule has 5 nitrogen and oxygen atoms in total. The van der Waals surface area contributed by atoms with Crippen LogP contribution in [0.25, 0.3) is 21.5 Å². The maximum absolute atomic E-state index is 13.7. The molecule has 2 aromatic heterocycles. The summed E-state index contributed by atoms with van der Waals surface area (Å²) < 4.78 is 59.3. The maximum atomic E-state index is 13.7. The summed E-state index contributed by atoms with van der Waals surface area (Å²) in [5.41, 5.74) is 0.969. The summed E-state index contributed by atoms with van der Waals surface area (Å²) in [5.74, 6) is -1.40. The van der Waals surface area contributed by atoms with Gasteiger partial charge >= 0.3 is 12.1 Å². The van der Waals surface area contributed by atoms with Crippen molar-refractivity contribution in [2.24, 2.45) is 0 Å². The van der Waals surface area contributed by atoms with E-state index in [1.807, 2.05) is 6.07 Å². The number of hydrogen-bond donors (Lipinski definition) is 0. The zero-order chi connectivity index (χ0) is 23.0. The SMILES string of the molecule is CCOC(=O)c1sc(-c2cccc3nn(Cc4cc(F)cc(C(F)(F)F)c4)cc23)nc1C. The highest BCUT2D eigenvalue weighted by Gasteiger charge is 2.31. The molecule has 4 aromatic rings. The molecular formula is C22H17F4N3O2S. The fourth-order valence-electron chi connectivity index (χ4n) is 3.35. The second kappa shape index (κ2) is 8.34. The molecule has 0 radical (unpaired) electrons. The zero-order valence-corrected chi connectivity index (χ0v) is 17.9. The molecule has 0 spiro atoms. The molecule has 2 aromatic carbocycles. The minimum atomic E-state index is -4.64. The molecule has 4 rings (SSSR count). The summed E-state index contributed by atoms with van der Waals surface area (Å²) in [6, 6.07) is 7.79. The quantitative estimate of drug-likeness (QED) is 0.275. The maximum Gasteiger partial charge on any atom is 0.416 e. The number of carbonyl (C=O) groups is 1. The third-order valence-electron chi connectivity index (χ3n) is 4.71. The van der Waals surface area contributed by atoms with E-state index in [-0.39, 0.29) is 18.7 Å². The van der Waals surface area contributed by atoms with Crippen molar-refractivity contribution in [3.63, 3.8) is 0 Å². The van der Waals surface area contributed by atoms with E-state index in [2.05, 4.69) is 10.1 Å². The lowest BCUT2D eigenvalue weighted by molar-refractivity contribution is -0.137. The number of aromatic nitrogens is 3. The molecule has 0 saturated heterocycles. The molecule has 0 fully saturated rings. The number of aryl methyl sites for hydroxylation is 1. The molecule has 0 bridgehead atoms. The minimum Gasteiger partial charge on any atom is -0.462 e. The van der Waals surface area contributed by atoms with Crippen LogP contribution in [0.5, 0.6) is 0 Å². The summed E-state index contributed by atoms with van der Waals surface area (Å²) in [6.07, 6.45) is -2.97. The van der Waals surface area contributed by atoms with Crippen LogP contribution >= 0.6 is 11.3 Å². The normalized spacial score (nSPS) is 11.8.